The van der Waals surface area contributed by atoms with Crippen LogP contribution in [0.2, 0.25) is 0 Å². The molecular formula is C19H26N2O2S. The molecule has 0 aromatic heterocycles. The molecule has 1 aromatic rings. The Morgan fingerprint density at radius 1 is 1.25 bits per heavy atom. The second-order valence-corrected chi connectivity index (χ2v) is 7.91. The molecule has 0 spiro atoms. The second kappa shape index (κ2) is 8.06. The molecule has 0 radical (unpaired) electrons. The average Bonchev–Trinajstić information content (AvgIpc) is 3.44. The van der Waals surface area contributed by atoms with Gasteiger partial charge in [0, 0.05) is 36.9 Å². The van der Waals surface area contributed by atoms with E-state index in [9.17, 15) is 9.59 Å². The zero-order valence-corrected chi connectivity index (χ0v) is 15.1. The number of nitrogens with one attached hydrogen (secondary N) is 1. The summed E-state index contributed by atoms with van der Waals surface area (Å²) in [5, 5.41) is 2.94. The van der Waals surface area contributed by atoms with Crippen molar-refractivity contribution in [3.8, 4) is 0 Å². The number of nitrogens with zero attached hydrogens (tertiary/aromatic N) is 1. The molecule has 1 aromatic carbocycles. The summed E-state index contributed by atoms with van der Waals surface area (Å²) in [5.41, 5.74) is 2.47. The van der Waals surface area contributed by atoms with Gasteiger partial charge in [0.15, 0.2) is 0 Å². The van der Waals surface area contributed by atoms with Crippen LogP contribution in [0.25, 0.3) is 0 Å². The lowest BCUT2D eigenvalue weighted by Crippen LogP contribution is -2.41. The number of carbonyl (C=O) groups excluding carboxylic acids is 2. The molecule has 2 aliphatic rings. The SMILES string of the molecule is Cc1ccc([C@@H]2CSCCN2C(=O)CCCNC(=O)C2CC2)cc1. The molecule has 1 saturated heterocycles. The van der Waals surface area contributed by atoms with E-state index in [0.717, 1.165) is 37.3 Å². The highest BCUT2D eigenvalue weighted by Gasteiger charge is 2.30. The fourth-order valence-corrected chi connectivity index (χ4v) is 4.14. The standard InChI is InChI=1S/C19H26N2O2S/c1-14-4-6-15(7-5-14)17-13-24-12-11-21(17)18(22)3-2-10-20-19(23)16-8-9-16/h4-7,16-17H,2-3,8-13H2,1H3,(H,20,23)/t17-/m0/s1. The number of benzene rings is 1. The van der Waals surface area contributed by atoms with Crippen LogP contribution < -0.4 is 5.32 Å². The third-order valence-electron chi connectivity index (χ3n) is 4.73. The number of carbonyl (C=O) groups is 2. The molecule has 1 N–H and O–H groups in total. The number of hydrogen-bond donors (Lipinski definition) is 1. The van der Waals surface area contributed by atoms with Crippen LogP contribution in [0.5, 0.6) is 0 Å². The number of aryl methyl sites for hydroxylation is 1. The van der Waals surface area contributed by atoms with E-state index in [2.05, 4.69) is 36.5 Å². The zero-order valence-electron chi connectivity index (χ0n) is 14.3. The van der Waals surface area contributed by atoms with Gasteiger partial charge in [-0.05, 0) is 31.7 Å². The van der Waals surface area contributed by atoms with Crippen LogP contribution in [0.15, 0.2) is 24.3 Å². The van der Waals surface area contributed by atoms with Crippen molar-refractivity contribution in [3.05, 3.63) is 35.4 Å². The molecule has 1 aliphatic carbocycles. The summed E-state index contributed by atoms with van der Waals surface area (Å²) in [7, 11) is 0. The first-order chi connectivity index (χ1) is 11.6. The van der Waals surface area contributed by atoms with Gasteiger partial charge in [-0.15, -0.1) is 0 Å². The van der Waals surface area contributed by atoms with Crippen molar-refractivity contribution < 1.29 is 9.59 Å². The zero-order chi connectivity index (χ0) is 16.9. The summed E-state index contributed by atoms with van der Waals surface area (Å²) in [6.45, 7) is 3.51. The molecule has 2 amide bonds. The summed E-state index contributed by atoms with van der Waals surface area (Å²) in [4.78, 5) is 26.3. The molecule has 0 bridgehead atoms. The minimum absolute atomic E-state index is 0.161. The molecule has 1 aliphatic heterocycles. The average molecular weight is 346 g/mol. The van der Waals surface area contributed by atoms with Gasteiger partial charge in [0.2, 0.25) is 11.8 Å². The number of rotatable bonds is 6. The molecule has 24 heavy (non-hydrogen) atoms. The first-order valence-corrected chi connectivity index (χ1v) is 10.0. The Morgan fingerprint density at radius 3 is 2.71 bits per heavy atom. The Bertz CT molecular complexity index is 584. The molecule has 2 fully saturated rings. The Hall–Kier alpha value is -1.49. The minimum Gasteiger partial charge on any atom is -0.356 e. The summed E-state index contributed by atoms with van der Waals surface area (Å²) >= 11 is 1.91. The van der Waals surface area contributed by atoms with Gasteiger partial charge in [0.1, 0.15) is 0 Å². The van der Waals surface area contributed by atoms with Gasteiger partial charge in [-0.3, -0.25) is 9.59 Å². The monoisotopic (exact) mass is 346 g/mol. The fourth-order valence-electron chi connectivity index (χ4n) is 3.05. The molecule has 130 valence electrons. The Labute approximate surface area is 148 Å². The molecule has 3 rings (SSSR count). The maximum absolute atomic E-state index is 12.6. The van der Waals surface area contributed by atoms with E-state index in [-0.39, 0.29) is 23.8 Å². The van der Waals surface area contributed by atoms with Crippen molar-refractivity contribution in [1.82, 2.24) is 10.2 Å². The normalized spacial score (nSPS) is 20.7. The van der Waals surface area contributed by atoms with Gasteiger partial charge >= 0.3 is 0 Å². The van der Waals surface area contributed by atoms with E-state index in [1.54, 1.807) is 0 Å². The van der Waals surface area contributed by atoms with Crippen LogP contribution in [0, 0.1) is 12.8 Å². The first-order valence-electron chi connectivity index (χ1n) is 8.86. The molecule has 5 heteroatoms. The highest BCUT2D eigenvalue weighted by Crippen LogP contribution is 2.30. The Morgan fingerprint density at radius 2 is 2.00 bits per heavy atom. The van der Waals surface area contributed by atoms with E-state index in [1.807, 2.05) is 16.7 Å². The highest BCUT2D eigenvalue weighted by atomic mass is 32.2. The van der Waals surface area contributed by atoms with Crippen LogP contribution in [-0.2, 0) is 9.59 Å². The largest absolute Gasteiger partial charge is 0.356 e. The fraction of sp³-hybridized carbons (Fsp3) is 0.579. The van der Waals surface area contributed by atoms with Gasteiger partial charge in [0.25, 0.3) is 0 Å². The molecule has 0 unspecified atom stereocenters. The quantitative estimate of drug-likeness (QED) is 0.806. The van der Waals surface area contributed by atoms with Crippen molar-refractivity contribution in [2.75, 3.05) is 24.6 Å². The molecule has 1 atom stereocenters. The van der Waals surface area contributed by atoms with Gasteiger partial charge in [-0.25, -0.2) is 0 Å². The van der Waals surface area contributed by atoms with E-state index >= 15 is 0 Å². The minimum atomic E-state index is 0.161. The highest BCUT2D eigenvalue weighted by molar-refractivity contribution is 7.99. The Kier molecular flexibility index (Phi) is 5.82. The summed E-state index contributed by atoms with van der Waals surface area (Å²) in [6.07, 6.45) is 3.28. The van der Waals surface area contributed by atoms with Crippen LogP contribution in [0.1, 0.15) is 42.9 Å². The maximum Gasteiger partial charge on any atom is 0.223 e. The molecular weight excluding hydrogens is 320 g/mol. The number of amides is 2. The number of thioether (sulfide) groups is 1. The van der Waals surface area contributed by atoms with Crippen molar-refractivity contribution in [2.45, 2.75) is 38.6 Å². The molecule has 1 saturated carbocycles. The van der Waals surface area contributed by atoms with Crippen LogP contribution in [0.4, 0.5) is 0 Å². The van der Waals surface area contributed by atoms with Gasteiger partial charge in [0.05, 0.1) is 6.04 Å². The second-order valence-electron chi connectivity index (χ2n) is 6.76. The number of hydrogen-bond acceptors (Lipinski definition) is 3. The van der Waals surface area contributed by atoms with E-state index in [0.29, 0.717) is 13.0 Å². The smallest absolute Gasteiger partial charge is 0.223 e. The lowest BCUT2D eigenvalue weighted by atomic mass is 10.0. The van der Waals surface area contributed by atoms with Crippen molar-refractivity contribution >= 4 is 23.6 Å². The summed E-state index contributed by atoms with van der Waals surface area (Å²) in [6, 6.07) is 8.69. The molecule has 1 heterocycles. The van der Waals surface area contributed by atoms with Crippen molar-refractivity contribution in [2.24, 2.45) is 5.92 Å². The summed E-state index contributed by atoms with van der Waals surface area (Å²) < 4.78 is 0. The lowest BCUT2D eigenvalue weighted by Gasteiger charge is -2.36. The lowest BCUT2D eigenvalue weighted by molar-refractivity contribution is -0.133. The Balaban J connectivity index is 1.51. The van der Waals surface area contributed by atoms with Crippen LogP contribution in [0.3, 0.4) is 0 Å². The molecule has 4 nitrogen and oxygen atoms in total. The van der Waals surface area contributed by atoms with Gasteiger partial charge < -0.3 is 10.2 Å². The van der Waals surface area contributed by atoms with Crippen LogP contribution in [-0.4, -0.2) is 41.3 Å². The van der Waals surface area contributed by atoms with Crippen molar-refractivity contribution in [1.29, 1.82) is 0 Å². The van der Waals surface area contributed by atoms with Gasteiger partial charge in [-0.2, -0.15) is 11.8 Å². The van der Waals surface area contributed by atoms with E-state index < -0.39 is 0 Å². The van der Waals surface area contributed by atoms with Gasteiger partial charge in [-0.1, -0.05) is 29.8 Å². The third kappa shape index (κ3) is 4.53. The predicted octanol–water partition coefficient (Wildman–Crippen LogP) is 2.92. The van der Waals surface area contributed by atoms with Crippen LogP contribution >= 0.6 is 11.8 Å². The predicted molar refractivity (Wildman–Crippen MR) is 97.9 cm³/mol. The summed E-state index contributed by atoms with van der Waals surface area (Å²) in [5.74, 6) is 2.58. The van der Waals surface area contributed by atoms with Crippen molar-refractivity contribution in [3.63, 3.8) is 0 Å². The van der Waals surface area contributed by atoms with E-state index in [4.69, 9.17) is 0 Å². The third-order valence-corrected chi connectivity index (χ3v) is 5.75. The van der Waals surface area contributed by atoms with E-state index in [1.165, 1.54) is 11.1 Å². The topological polar surface area (TPSA) is 49.4 Å². The maximum atomic E-state index is 12.6. The first kappa shape index (κ1) is 17.3.